The molecule has 0 saturated carbocycles. The highest BCUT2D eigenvalue weighted by Crippen LogP contribution is 2.22. The van der Waals surface area contributed by atoms with Crippen molar-refractivity contribution in [2.45, 2.75) is 46.1 Å². The van der Waals surface area contributed by atoms with Gasteiger partial charge in [-0.1, -0.05) is 57.4 Å². The van der Waals surface area contributed by atoms with Crippen molar-refractivity contribution in [3.8, 4) is 0 Å². The van der Waals surface area contributed by atoms with Gasteiger partial charge in [0, 0.05) is 57.3 Å². The maximum Gasteiger partial charge on any atom is 0.409 e. The Bertz CT molecular complexity index is 1430. The smallest absolute Gasteiger partial charge is 0.409 e. The number of hydrogen-bond donors (Lipinski definition) is 2. The minimum absolute atomic E-state index is 0.0971. The molecule has 2 aliphatic heterocycles. The van der Waals surface area contributed by atoms with Crippen LogP contribution in [0.25, 0.3) is 5.57 Å². The van der Waals surface area contributed by atoms with Gasteiger partial charge < -0.3 is 29.9 Å². The van der Waals surface area contributed by atoms with Crippen molar-refractivity contribution in [2.24, 2.45) is 0 Å². The summed E-state index contributed by atoms with van der Waals surface area (Å²) >= 11 is 0. The molecule has 0 bridgehead atoms. The third-order valence-electron chi connectivity index (χ3n) is 7.51. The van der Waals surface area contributed by atoms with Crippen molar-refractivity contribution < 1.29 is 29.0 Å². The van der Waals surface area contributed by atoms with Gasteiger partial charge in [-0.2, -0.15) is 0 Å². The van der Waals surface area contributed by atoms with E-state index in [0.29, 0.717) is 35.9 Å². The number of allylic oxidation sites excluding steroid dienone is 4. The predicted molar refractivity (Wildman–Crippen MR) is 177 cm³/mol. The number of amides is 3. The largest absolute Gasteiger partial charge is 0.478 e. The summed E-state index contributed by atoms with van der Waals surface area (Å²) in [6, 6.07) is 6.81. The average Bonchev–Trinajstić information content (AvgIpc) is 3.63. The zero-order valence-electron chi connectivity index (χ0n) is 26.9. The summed E-state index contributed by atoms with van der Waals surface area (Å²) in [5, 5.41) is 12.2. The molecule has 1 aromatic heterocycles. The van der Waals surface area contributed by atoms with Gasteiger partial charge in [-0.3, -0.25) is 9.59 Å². The molecule has 1 atom stereocenters. The van der Waals surface area contributed by atoms with E-state index in [1.54, 1.807) is 53.2 Å². The molecular formula is C34H44N6O6. The normalized spacial score (nSPS) is 15.3. The maximum atomic E-state index is 13.8. The van der Waals surface area contributed by atoms with E-state index >= 15 is 0 Å². The summed E-state index contributed by atoms with van der Waals surface area (Å²) in [7, 11) is 0. The molecular weight excluding hydrogens is 588 g/mol. The van der Waals surface area contributed by atoms with Crippen molar-refractivity contribution in [3.05, 3.63) is 84.4 Å². The highest BCUT2D eigenvalue weighted by atomic mass is 16.6. The number of anilines is 1. The number of nitrogens with one attached hydrogen (secondary N) is 1. The van der Waals surface area contributed by atoms with Gasteiger partial charge in [0.1, 0.15) is 17.6 Å². The van der Waals surface area contributed by atoms with E-state index < -0.39 is 24.0 Å². The van der Waals surface area contributed by atoms with Crippen LogP contribution in [0.15, 0.2) is 61.7 Å². The number of ether oxygens (including phenoxy) is 1. The molecule has 3 amide bonds. The number of carbonyl (C=O) groups is 4. The van der Waals surface area contributed by atoms with Gasteiger partial charge in [-0.05, 0) is 37.5 Å². The van der Waals surface area contributed by atoms with E-state index in [2.05, 4.69) is 33.3 Å². The molecule has 0 spiro atoms. The number of nitrogens with zero attached hydrogens (tertiary/aromatic N) is 5. The van der Waals surface area contributed by atoms with Crippen LogP contribution in [0.3, 0.4) is 0 Å². The van der Waals surface area contributed by atoms with Gasteiger partial charge in [0.05, 0.1) is 12.2 Å². The second-order valence-corrected chi connectivity index (χ2v) is 10.4. The topological polar surface area (TPSA) is 145 Å². The second-order valence-electron chi connectivity index (χ2n) is 10.4. The van der Waals surface area contributed by atoms with E-state index in [9.17, 15) is 24.3 Å². The van der Waals surface area contributed by atoms with E-state index in [0.717, 1.165) is 25.9 Å². The molecule has 2 aromatic rings. The van der Waals surface area contributed by atoms with Crippen molar-refractivity contribution in [1.82, 2.24) is 25.1 Å². The highest BCUT2D eigenvalue weighted by Gasteiger charge is 2.31. The lowest BCUT2D eigenvalue weighted by Gasteiger charge is -2.36. The number of carboxylic acid groups (broad SMARTS) is 1. The van der Waals surface area contributed by atoms with Gasteiger partial charge >= 0.3 is 12.1 Å². The molecule has 0 unspecified atom stereocenters. The SMILES string of the molecule is C=C/C=C(\C=C)c1nc(C(=O)N[C@@H](Cc2ccc(C(=O)O)cc2)C(=O)N2CCN(C(=O)OCC)CC2)cc(N2CCCC2)n1.CC. The zero-order valence-corrected chi connectivity index (χ0v) is 26.9. The van der Waals surface area contributed by atoms with Gasteiger partial charge in [-0.15, -0.1) is 0 Å². The molecule has 2 aliphatic rings. The van der Waals surface area contributed by atoms with Crippen LogP contribution in [-0.4, -0.2) is 101 Å². The second kappa shape index (κ2) is 17.5. The van der Waals surface area contributed by atoms with Gasteiger partial charge in [-0.25, -0.2) is 19.6 Å². The highest BCUT2D eigenvalue weighted by molar-refractivity contribution is 5.97. The van der Waals surface area contributed by atoms with E-state index in [4.69, 9.17) is 4.74 Å². The monoisotopic (exact) mass is 632 g/mol. The number of carboxylic acids is 1. The lowest BCUT2D eigenvalue weighted by Crippen LogP contribution is -2.56. The first-order valence-corrected chi connectivity index (χ1v) is 15.7. The van der Waals surface area contributed by atoms with Crippen LogP contribution in [0.5, 0.6) is 0 Å². The number of carbonyl (C=O) groups excluding carboxylic acids is 3. The van der Waals surface area contributed by atoms with E-state index in [1.807, 2.05) is 13.8 Å². The van der Waals surface area contributed by atoms with Crippen LogP contribution < -0.4 is 10.2 Å². The summed E-state index contributed by atoms with van der Waals surface area (Å²) in [5.74, 6) is -1.01. The fraction of sp³-hybridized carbons (Fsp3) is 0.412. The molecule has 2 fully saturated rings. The summed E-state index contributed by atoms with van der Waals surface area (Å²) in [5.41, 5.74) is 1.48. The maximum absolute atomic E-state index is 13.8. The van der Waals surface area contributed by atoms with Crippen molar-refractivity contribution in [2.75, 3.05) is 50.8 Å². The zero-order chi connectivity index (χ0) is 33.6. The Labute approximate surface area is 270 Å². The Kier molecular flexibility index (Phi) is 13.5. The minimum atomic E-state index is -1.06. The Morgan fingerprint density at radius 3 is 2.17 bits per heavy atom. The van der Waals surface area contributed by atoms with Crippen molar-refractivity contribution in [1.29, 1.82) is 0 Å². The number of aromatic nitrogens is 2. The Balaban J connectivity index is 0.00000282. The van der Waals surface area contributed by atoms with Crippen LogP contribution >= 0.6 is 0 Å². The van der Waals surface area contributed by atoms with Crippen LogP contribution in [0.2, 0.25) is 0 Å². The molecule has 3 heterocycles. The van der Waals surface area contributed by atoms with Crippen molar-refractivity contribution >= 4 is 35.3 Å². The third kappa shape index (κ3) is 9.26. The average molecular weight is 633 g/mol. The summed E-state index contributed by atoms with van der Waals surface area (Å²) < 4.78 is 5.08. The number of aromatic carboxylic acids is 1. The van der Waals surface area contributed by atoms with Gasteiger partial charge in [0.15, 0.2) is 5.82 Å². The molecule has 12 heteroatoms. The first kappa shape index (κ1) is 35.5. The Hall–Kier alpha value is -5.00. The predicted octanol–water partition coefficient (Wildman–Crippen LogP) is 4.20. The fourth-order valence-electron chi connectivity index (χ4n) is 5.14. The number of benzene rings is 1. The Morgan fingerprint density at radius 1 is 0.978 bits per heavy atom. The molecule has 46 heavy (non-hydrogen) atoms. The molecule has 0 radical (unpaired) electrons. The van der Waals surface area contributed by atoms with E-state index in [1.165, 1.54) is 12.1 Å². The summed E-state index contributed by atoms with van der Waals surface area (Å²) in [4.78, 5) is 65.6. The molecule has 246 valence electrons. The lowest BCUT2D eigenvalue weighted by atomic mass is 10.0. The molecule has 2 N–H and O–H groups in total. The fourth-order valence-corrected chi connectivity index (χ4v) is 5.14. The third-order valence-corrected chi connectivity index (χ3v) is 7.51. The van der Waals surface area contributed by atoms with Crippen LogP contribution in [0, 0.1) is 0 Å². The van der Waals surface area contributed by atoms with Crippen LogP contribution in [0.1, 0.15) is 65.8 Å². The first-order chi connectivity index (χ1) is 22.2. The van der Waals surface area contributed by atoms with E-state index in [-0.39, 0.29) is 43.3 Å². The van der Waals surface area contributed by atoms with Gasteiger partial charge in [0.2, 0.25) is 5.91 Å². The minimum Gasteiger partial charge on any atom is -0.478 e. The molecule has 1 aromatic carbocycles. The molecule has 12 nitrogen and oxygen atoms in total. The van der Waals surface area contributed by atoms with Gasteiger partial charge in [0.25, 0.3) is 5.91 Å². The lowest BCUT2D eigenvalue weighted by molar-refractivity contribution is -0.134. The van der Waals surface area contributed by atoms with Crippen molar-refractivity contribution in [3.63, 3.8) is 0 Å². The summed E-state index contributed by atoms with van der Waals surface area (Å²) in [6.07, 6.45) is 6.61. The molecule has 2 saturated heterocycles. The quantitative estimate of drug-likeness (QED) is 0.348. The number of piperazine rings is 1. The standard InChI is InChI=1S/C32H38N6O6.C2H6/c1-4-9-23(5-2)28-33-25(21-27(35-28)36-14-7-8-15-36)29(39)34-26(20-22-10-12-24(13-11-22)31(41)42)30(40)37-16-18-38(19-17-37)32(43)44-6-3;1-2/h4-5,9-13,21,26H,1-2,6-8,14-20H2,3H3,(H,34,39)(H,41,42);1-2H3/b23-9+;/t26-;/m0./s1. The Morgan fingerprint density at radius 2 is 1.61 bits per heavy atom. The molecule has 0 aliphatic carbocycles. The van der Waals surface area contributed by atoms with Crippen LogP contribution in [-0.2, 0) is 16.0 Å². The summed E-state index contributed by atoms with van der Waals surface area (Å²) in [6.45, 7) is 16.3. The number of rotatable bonds is 11. The van der Waals surface area contributed by atoms with Crippen LogP contribution in [0.4, 0.5) is 10.6 Å². The molecule has 4 rings (SSSR count). The number of hydrogen-bond acceptors (Lipinski definition) is 8. The first-order valence-electron chi connectivity index (χ1n) is 15.7.